The number of ether oxygens (including phenoxy) is 1. The topological polar surface area (TPSA) is 98.8 Å². The van der Waals surface area contributed by atoms with Crippen LogP contribution in [0.3, 0.4) is 0 Å². The third kappa shape index (κ3) is 5.26. The van der Waals surface area contributed by atoms with Gasteiger partial charge in [-0.3, -0.25) is 0 Å². The van der Waals surface area contributed by atoms with Crippen molar-refractivity contribution in [2.45, 2.75) is 11.3 Å². The summed E-state index contributed by atoms with van der Waals surface area (Å²) in [6.45, 7) is 0. The molecule has 2 aromatic carbocycles. The van der Waals surface area contributed by atoms with Gasteiger partial charge in [-0.25, -0.2) is 4.98 Å². The average Bonchev–Trinajstić information content (AvgIpc) is 3.22. The molecule has 0 unspecified atom stereocenters. The molecule has 0 bridgehead atoms. The van der Waals surface area contributed by atoms with Crippen LogP contribution in [0.5, 0.6) is 11.6 Å². The number of nitrogen functional groups attached to an aromatic ring is 1. The molecule has 0 saturated heterocycles. The van der Waals surface area contributed by atoms with E-state index in [0.29, 0.717) is 32.7 Å². The number of halogens is 3. The normalized spacial score (nSPS) is 11.4. The lowest BCUT2D eigenvalue weighted by Crippen LogP contribution is -2.05. The number of hydrogen-bond donors (Lipinski definition) is 2. The van der Waals surface area contributed by atoms with Crippen molar-refractivity contribution in [3.63, 3.8) is 0 Å². The second kappa shape index (κ2) is 9.01. The van der Waals surface area contributed by atoms with E-state index in [2.05, 4.69) is 25.5 Å². The zero-order valence-electron chi connectivity index (χ0n) is 16.4. The Morgan fingerprint density at radius 1 is 1.03 bits per heavy atom. The van der Waals surface area contributed by atoms with E-state index in [1.807, 2.05) is 6.26 Å². The largest absolute Gasteiger partial charge is 0.439 e. The van der Waals surface area contributed by atoms with Gasteiger partial charge >= 0.3 is 6.18 Å². The summed E-state index contributed by atoms with van der Waals surface area (Å²) in [4.78, 5) is 8.31. The molecule has 0 atom stereocenters. The van der Waals surface area contributed by atoms with Gasteiger partial charge in [-0.2, -0.15) is 18.2 Å². The Morgan fingerprint density at radius 2 is 1.81 bits per heavy atom. The van der Waals surface area contributed by atoms with E-state index in [0.717, 1.165) is 17.7 Å². The Kier molecular flexibility index (Phi) is 6.15. The molecule has 0 spiro atoms. The highest BCUT2D eigenvalue weighted by Crippen LogP contribution is 2.33. The van der Waals surface area contributed by atoms with E-state index in [1.165, 1.54) is 41.3 Å². The summed E-state index contributed by atoms with van der Waals surface area (Å²) in [6.07, 6.45) is -2.58. The molecule has 0 aliphatic rings. The van der Waals surface area contributed by atoms with Gasteiger partial charge in [0.1, 0.15) is 16.6 Å². The van der Waals surface area contributed by atoms with Crippen LogP contribution >= 0.6 is 23.1 Å². The first-order chi connectivity index (χ1) is 15.3. The molecule has 0 aliphatic carbocycles. The van der Waals surface area contributed by atoms with Gasteiger partial charge < -0.3 is 15.8 Å². The molecule has 0 fully saturated rings. The molecule has 0 aliphatic heterocycles. The van der Waals surface area contributed by atoms with Gasteiger partial charge in [0.15, 0.2) is 5.16 Å². The van der Waals surface area contributed by atoms with Gasteiger partial charge in [-0.05, 0) is 48.7 Å². The molecule has 164 valence electrons. The summed E-state index contributed by atoms with van der Waals surface area (Å²) in [7, 11) is 0. The van der Waals surface area contributed by atoms with Crippen molar-refractivity contribution < 1.29 is 17.9 Å². The number of nitrogens with two attached hydrogens (primary N) is 1. The SMILES string of the molecule is CSc1nc(N)cc(Oc2ccc(-c3nnc(Nc4cccc(C(F)(F)F)c4)s3)cc2)n1. The number of thioether (sulfide) groups is 1. The minimum atomic E-state index is -4.41. The Labute approximate surface area is 188 Å². The lowest BCUT2D eigenvalue weighted by molar-refractivity contribution is -0.137. The van der Waals surface area contributed by atoms with Crippen molar-refractivity contribution in [3.8, 4) is 22.2 Å². The number of aromatic nitrogens is 4. The molecule has 3 N–H and O–H groups in total. The van der Waals surface area contributed by atoms with Gasteiger partial charge in [0.2, 0.25) is 11.0 Å². The number of hydrogen-bond acceptors (Lipinski definition) is 9. The van der Waals surface area contributed by atoms with Crippen LogP contribution < -0.4 is 15.8 Å². The molecule has 12 heteroatoms. The third-order valence-electron chi connectivity index (χ3n) is 4.07. The monoisotopic (exact) mass is 476 g/mol. The maximum Gasteiger partial charge on any atom is 0.416 e. The van der Waals surface area contributed by atoms with Crippen LogP contribution in [0.4, 0.5) is 29.8 Å². The van der Waals surface area contributed by atoms with E-state index in [9.17, 15) is 13.2 Å². The fraction of sp³-hybridized carbons (Fsp3) is 0.100. The van der Waals surface area contributed by atoms with E-state index in [-0.39, 0.29) is 5.69 Å². The third-order valence-corrected chi connectivity index (χ3v) is 5.51. The molecule has 4 rings (SSSR count). The van der Waals surface area contributed by atoms with Crippen molar-refractivity contribution in [2.75, 3.05) is 17.3 Å². The Bertz CT molecular complexity index is 1230. The molecule has 0 radical (unpaired) electrons. The lowest BCUT2D eigenvalue weighted by Gasteiger charge is -2.08. The minimum Gasteiger partial charge on any atom is -0.439 e. The lowest BCUT2D eigenvalue weighted by atomic mass is 10.2. The molecule has 7 nitrogen and oxygen atoms in total. The van der Waals surface area contributed by atoms with Gasteiger partial charge in [0.25, 0.3) is 0 Å². The van der Waals surface area contributed by atoms with Crippen molar-refractivity contribution in [2.24, 2.45) is 0 Å². The van der Waals surface area contributed by atoms with Crippen LogP contribution in [0.1, 0.15) is 5.56 Å². The van der Waals surface area contributed by atoms with Crippen LogP contribution in [0, 0.1) is 0 Å². The van der Waals surface area contributed by atoms with Crippen molar-refractivity contribution in [3.05, 3.63) is 60.2 Å². The summed E-state index contributed by atoms with van der Waals surface area (Å²) >= 11 is 2.57. The maximum absolute atomic E-state index is 12.9. The van der Waals surface area contributed by atoms with Gasteiger partial charge in [-0.1, -0.05) is 29.2 Å². The highest BCUT2D eigenvalue weighted by atomic mass is 32.2. The number of nitrogens with one attached hydrogen (secondary N) is 1. The Morgan fingerprint density at radius 3 is 2.53 bits per heavy atom. The summed E-state index contributed by atoms with van der Waals surface area (Å²) in [6, 6.07) is 13.5. The molecule has 2 aromatic heterocycles. The molecule has 32 heavy (non-hydrogen) atoms. The van der Waals surface area contributed by atoms with Gasteiger partial charge in [0.05, 0.1) is 5.56 Å². The predicted octanol–water partition coefficient (Wildman–Crippen LogP) is 5.85. The van der Waals surface area contributed by atoms with Crippen LogP contribution in [0.15, 0.2) is 59.8 Å². The van der Waals surface area contributed by atoms with Crippen molar-refractivity contribution >= 4 is 39.7 Å². The number of rotatable bonds is 6. The zero-order valence-corrected chi connectivity index (χ0v) is 18.1. The molecular formula is C20H15F3N6OS2. The van der Waals surface area contributed by atoms with E-state index >= 15 is 0 Å². The quantitative estimate of drug-likeness (QED) is 0.264. The van der Waals surface area contributed by atoms with Crippen molar-refractivity contribution in [1.29, 1.82) is 0 Å². The first-order valence-corrected chi connectivity index (χ1v) is 11.1. The van der Waals surface area contributed by atoms with Crippen LogP contribution in [-0.2, 0) is 6.18 Å². The number of benzene rings is 2. The smallest absolute Gasteiger partial charge is 0.416 e. The van der Waals surface area contributed by atoms with Crippen LogP contribution in [-0.4, -0.2) is 26.4 Å². The zero-order chi connectivity index (χ0) is 22.7. The highest BCUT2D eigenvalue weighted by Gasteiger charge is 2.30. The second-order valence-electron chi connectivity index (χ2n) is 6.36. The van der Waals surface area contributed by atoms with Gasteiger partial charge in [0, 0.05) is 17.3 Å². The maximum atomic E-state index is 12.9. The molecule has 2 heterocycles. The molecule has 0 saturated carbocycles. The Hall–Kier alpha value is -3.38. The summed E-state index contributed by atoms with van der Waals surface area (Å²) in [5, 5.41) is 12.5. The average molecular weight is 477 g/mol. The molecule has 4 aromatic rings. The Balaban J connectivity index is 1.46. The fourth-order valence-corrected chi connectivity index (χ4v) is 3.79. The standard InChI is InChI=1S/C20H15F3N6OS2/c1-31-18-26-15(24)10-16(27-18)30-14-7-5-11(6-8-14)17-28-29-19(32-17)25-13-4-2-3-12(9-13)20(21,22)23/h2-10H,1H3,(H,25,29)(H2,24,26,27). The number of anilines is 3. The summed E-state index contributed by atoms with van der Waals surface area (Å²) in [5.41, 5.74) is 6.07. The minimum absolute atomic E-state index is 0.278. The fourth-order valence-electron chi connectivity index (χ4n) is 2.64. The molecular weight excluding hydrogens is 461 g/mol. The second-order valence-corrected chi connectivity index (χ2v) is 8.11. The molecule has 0 amide bonds. The number of nitrogens with zero attached hydrogens (tertiary/aromatic N) is 4. The highest BCUT2D eigenvalue weighted by molar-refractivity contribution is 7.98. The van der Waals surface area contributed by atoms with Gasteiger partial charge in [-0.15, -0.1) is 10.2 Å². The van der Waals surface area contributed by atoms with E-state index < -0.39 is 11.7 Å². The predicted molar refractivity (Wildman–Crippen MR) is 118 cm³/mol. The first-order valence-electron chi connectivity index (χ1n) is 9.05. The summed E-state index contributed by atoms with van der Waals surface area (Å²) < 4.78 is 44.4. The van der Waals surface area contributed by atoms with Crippen LogP contribution in [0.2, 0.25) is 0 Å². The first kappa shape index (κ1) is 21.8. The van der Waals surface area contributed by atoms with E-state index in [1.54, 1.807) is 24.3 Å². The summed E-state index contributed by atoms with van der Waals surface area (Å²) in [5.74, 6) is 1.19. The van der Waals surface area contributed by atoms with E-state index in [4.69, 9.17) is 10.5 Å². The van der Waals surface area contributed by atoms with Crippen LogP contribution in [0.25, 0.3) is 10.6 Å². The van der Waals surface area contributed by atoms with Crippen molar-refractivity contribution in [1.82, 2.24) is 20.2 Å². The number of alkyl halides is 3.